The Hall–Kier alpha value is -2.56. The van der Waals surface area contributed by atoms with E-state index in [4.69, 9.17) is 23.3 Å². The Labute approximate surface area is 390 Å². The van der Waals surface area contributed by atoms with E-state index >= 15 is 0 Å². The average molecular weight is 925 g/mol. The third kappa shape index (κ3) is 44.6. The van der Waals surface area contributed by atoms with E-state index in [2.05, 4.69) is 69.4 Å². The van der Waals surface area contributed by atoms with E-state index in [1.54, 1.807) is 0 Å². The SMILES string of the molecule is CCC/C=C\C/C=C\CCCCCCCC(=O)OC(CO)COP(=O)(O)OCC(COC(=O)CCCCCCCCCCC)OC(=O)CCCCCCC/C=C\C/C=C\CCCCC. The molecule has 0 aromatic rings. The molecule has 11 nitrogen and oxygen atoms in total. The van der Waals surface area contributed by atoms with E-state index in [1.807, 2.05) is 0 Å². The van der Waals surface area contributed by atoms with Crippen LogP contribution in [0.5, 0.6) is 0 Å². The summed E-state index contributed by atoms with van der Waals surface area (Å²) in [6, 6.07) is 0. The van der Waals surface area contributed by atoms with Crippen LogP contribution < -0.4 is 0 Å². The lowest BCUT2D eigenvalue weighted by Gasteiger charge is -2.21. The van der Waals surface area contributed by atoms with Crippen molar-refractivity contribution in [2.24, 2.45) is 0 Å². The van der Waals surface area contributed by atoms with Gasteiger partial charge in [-0.3, -0.25) is 23.4 Å². The van der Waals surface area contributed by atoms with Crippen LogP contribution in [0.15, 0.2) is 48.6 Å². The molecule has 0 aliphatic heterocycles. The van der Waals surface area contributed by atoms with Gasteiger partial charge in [0.2, 0.25) is 0 Å². The highest BCUT2D eigenvalue weighted by molar-refractivity contribution is 7.47. The number of phosphoric acid groups is 1. The van der Waals surface area contributed by atoms with Crippen molar-refractivity contribution in [3.05, 3.63) is 48.6 Å². The molecule has 64 heavy (non-hydrogen) atoms. The van der Waals surface area contributed by atoms with Crippen LogP contribution in [0.1, 0.15) is 226 Å². The van der Waals surface area contributed by atoms with Crippen LogP contribution in [0, 0.1) is 0 Å². The first kappa shape index (κ1) is 61.4. The van der Waals surface area contributed by atoms with E-state index in [0.29, 0.717) is 19.3 Å². The van der Waals surface area contributed by atoms with Gasteiger partial charge < -0.3 is 24.2 Å². The van der Waals surface area contributed by atoms with Gasteiger partial charge in [0.25, 0.3) is 0 Å². The molecule has 3 atom stereocenters. The van der Waals surface area contributed by atoms with E-state index in [9.17, 15) is 28.9 Å². The predicted molar refractivity (Wildman–Crippen MR) is 261 cm³/mol. The van der Waals surface area contributed by atoms with E-state index in [-0.39, 0.29) is 25.9 Å². The zero-order valence-corrected chi connectivity index (χ0v) is 41.6. The number of hydrogen-bond acceptors (Lipinski definition) is 10. The van der Waals surface area contributed by atoms with Gasteiger partial charge in [0.05, 0.1) is 19.8 Å². The summed E-state index contributed by atoms with van der Waals surface area (Å²) in [5.41, 5.74) is 0. The summed E-state index contributed by atoms with van der Waals surface area (Å²) in [7, 11) is -4.74. The molecule has 0 radical (unpaired) electrons. The van der Waals surface area contributed by atoms with Crippen molar-refractivity contribution in [1.29, 1.82) is 0 Å². The highest BCUT2D eigenvalue weighted by Crippen LogP contribution is 2.43. The van der Waals surface area contributed by atoms with Crippen LogP contribution >= 0.6 is 7.82 Å². The van der Waals surface area contributed by atoms with Gasteiger partial charge in [-0.15, -0.1) is 0 Å². The van der Waals surface area contributed by atoms with Crippen LogP contribution in [0.4, 0.5) is 0 Å². The van der Waals surface area contributed by atoms with Gasteiger partial charge in [-0.25, -0.2) is 4.57 Å². The first-order valence-corrected chi connectivity index (χ1v) is 27.0. The molecule has 372 valence electrons. The molecule has 0 aliphatic rings. The molecule has 0 saturated carbocycles. The lowest BCUT2D eigenvalue weighted by atomic mass is 10.1. The molecule has 0 bridgehead atoms. The lowest BCUT2D eigenvalue weighted by molar-refractivity contribution is -0.161. The van der Waals surface area contributed by atoms with Crippen LogP contribution in [0.3, 0.4) is 0 Å². The fourth-order valence-corrected chi connectivity index (χ4v) is 7.56. The van der Waals surface area contributed by atoms with E-state index in [0.717, 1.165) is 109 Å². The van der Waals surface area contributed by atoms with Crippen molar-refractivity contribution in [3.63, 3.8) is 0 Å². The molecule has 12 heteroatoms. The second kappa shape index (κ2) is 47.0. The summed E-state index contributed by atoms with van der Waals surface area (Å²) < 4.78 is 39.2. The maximum Gasteiger partial charge on any atom is 0.472 e. The quantitative estimate of drug-likeness (QED) is 0.0197. The van der Waals surface area contributed by atoms with Gasteiger partial charge in [0.15, 0.2) is 6.10 Å². The highest BCUT2D eigenvalue weighted by atomic mass is 31.2. The largest absolute Gasteiger partial charge is 0.472 e. The molecule has 0 saturated heterocycles. The summed E-state index contributed by atoms with van der Waals surface area (Å²) in [5.74, 6) is -1.49. The third-order valence-corrected chi connectivity index (χ3v) is 11.7. The standard InChI is InChI=1S/C52H93O11P/c1-4-7-10-13-16-19-21-23-24-26-28-31-34-37-40-43-52(56)63-49(45-59-50(54)41-38-35-32-29-18-15-12-9-6-3)47-61-64(57,58)60-46-48(44-53)62-51(55)42-39-36-33-30-27-25-22-20-17-14-11-8-5-2/h11,14,16,19-20,22-24,48-49,53H,4-10,12-13,15,17-18,21,25-47H2,1-3H3,(H,57,58)/b14-11-,19-16-,22-20-,24-23-. The molecule has 0 aliphatic carbocycles. The molecule has 0 aromatic heterocycles. The van der Waals surface area contributed by atoms with Crippen molar-refractivity contribution in [3.8, 4) is 0 Å². The molecule has 0 rings (SSSR count). The maximum absolute atomic E-state index is 12.8. The number of allylic oxidation sites excluding steroid dienone is 8. The number of esters is 3. The number of aliphatic hydroxyl groups is 1. The minimum Gasteiger partial charge on any atom is -0.462 e. The minimum absolute atomic E-state index is 0.152. The summed E-state index contributed by atoms with van der Waals surface area (Å²) in [4.78, 5) is 48.2. The average Bonchev–Trinajstić information content (AvgIpc) is 3.28. The molecular weight excluding hydrogens is 832 g/mol. The zero-order valence-electron chi connectivity index (χ0n) is 40.7. The van der Waals surface area contributed by atoms with Gasteiger partial charge in [0.1, 0.15) is 12.7 Å². The molecule has 3 unspecified atom stereocenters. The van der Waals surface area contributed by atoms with Crippen LogP contribution in [0.2, 0.25) is 0 Å². The van der Waals surface area contributed by atoms with Crippen LogP contribution in [-0.4, -0.2) is 66.5 Å². The van der Waals surface area contributed by atoms with E-state index < -0.39 is 57.8 Å². The first-order valence-electron chi connectivity index (χ1n) is 25.5. The number of carbonyl (C=O) groups is 3. The van der Waals surface area contributed by atoms with Crippen molar-refractivity contribution in [1.82, 2.24) is 0 Å². The molecule has 0 spiro atoms. The number of hydrogen-bond donors (Lipinski definition) is 2. The lowest BCUT2D eigenvalue weighted by Crippen LogP contribution is -2.30. The number of phosphoric ester groups is 1. The topological polar surface area (TPSA) is 155 Å². The highest BCUT2D eigenvalue weighted by Gasteiger charge is 2.28. The number of rotatable bonds is 47. The molecule has 0 amide bonds. The van der Waals surface area contributed by atoms with E-state index in [1.165, 1.54) is 57.8 Å². The smallest absolute Gasteiger partial charge is 0.462 e. The normalized spacial score (nSPS) is 13.9. The number of aliphatic hydroxyl groups excluding tert-OH is 1. The zero-order chi connectivity index (χ0) is 47.0. The maximum atomic E-state index is 12.8. The number of carbonyl (C=O) groups excluding carboxylic acids is 3. The van der Waals surface area contributed by atoms with Gasteiger partial charge in [0, 0.05) is 19.3 Å². The number of ether oxygens (including phenoxy) is 3. The molecule has 2 N–H and O–H groups in total. The van der Waals surface area contributed by atoms with Crippen LogP contribution in [0.25, 0.3) is 0 Å². The molecule has 0 heterocycles. The number of unbranched alkanes of at least 4 members (excludes halogenated alkanes) is 22. The fourth-order valence-electron chi connectivity index (χ4n) is 6.78. The van der Waals surface area contributed by atoms with Crippen LogP contribution in [-0.2, 0) is 42.2 Å². The Balaban J connectivity index is 4.73. The Bertz CT molecular complexity index is 1260. The molecular formula is C52H93O11P. The summed E-state index contributed by atoms with van der Waals surface area (Å²) >= 11 is 0. The Morgan fingerprint density at radius 3 is 1.25 bits per heavy atom. The Morgan fingerprint density at radius 2 is 0.797 bits per heavy atom. The van der Waals surface area contributed by atoms with Gasteiger partial charge >= 0.3 is 25.7 Å². The van der Waals surface area contributed by atoms with Crippen molar-refractivity contribution in [2.75, 3.05) is 26.4 Å². The first-order chi connectivity index (χ1) is 31.2. The summed E-state index contributed by atoms with van der Waals surface area (Å²) in [6.45, 7) is 4.49. The predicted octanol–water partition coefficient (Wildman–Crippen LogP) is 14.2. The monoisotopic (exact) mass is 925 g/mol. The molecule has 0 aromatic carbocycles. The van der Waals surface area contributed by atoms with Crippen molar-refractivity contribution >= 4 is 25.7 Å². The van der Waals surface area contributed by atoms with Gasteiger partial charge in [-0.05, 0) is 77.0 Å². The van der Waals surface area contributed by atoms with Gasteiger partial charge in [-0.1, -0.05) is 179 Å². The van der Waals surface area contributed by atoms with Gasteiger partial charge in [-0.2, -0.15) is 0 Å². The summed E-state index contributed by atoms with van der Waals surface area (Å²) in [6.07, 6.45) is 46.6. The molecule has 0 fully saturated rings. The fraction of sp³-hybridized carbons (Fsp3) is 0.788. The third-order valence-electron chi connectivity index (χ3n) is 10.7. The Morgan fingerprint density at radius 1 is 0.438 bits per heavy atom. The Kier molecular flexibility index (Phi) is 45.1. The van der Waals surface area contributed by atoms with Crippen molar-refractivity contribution < 1.29 is 52.2 Å². The minimum atomic E-state index is -4.74. The second-order valence-electron chi connectivity index (χ2n) is 17.0. The van der Waals surface area contributed by atoms with Crippen molar-refractivity contribution in [2.45, 2.75) is 238 Å². The second-order valence-corrected chi connectivity index (χ2v) is 18.4. The summed E-state index contributed by atoms with van der Waals surface area (Å²) in [5, 5.41) is 9.75.